The first-order valence-electron chi connectivity index (χ1n) is 6.58. The number of anilines is 2. The molecule has 1 amide bonds. The van der Waals surface area contributed by atoms with Crippen molar-refractivity contribution in [3.05, 3.63) is 24.0 Å². The van der Waals surface area contributed by atoms with Crippen LogP contribution >= 0.6 is 0 Å². The SMILES string of the molecule is COCC(O)CN(C)C(C)C(=O)Nc1cc(N)ccc1F. The minimum atomic E-state index is -0.695. The summed E-state index contributed by atoms with van der Waals surface area (Å²) in [6.07, 6.45) is -0.695. The Kier molecular flexibility index (Phi) is 6.54. The monoisotopic (exact) mass is 299 g/mol. The second-order valence-corrected chi connectivity index (χ2v) is 4.95. The summed E-state index contributed by atoms with van der Waals surface area (Å²) in [5, 5.41) is 12.1. The van der Waals surface area contributed by atoms with Crippen molar-refractivity contribution in [3.8, 4) is 0 Å². The van der Waals surface area contributed by atoms with Crippen LogP contribution in [0.15, 0.2) is 18.2 Å². The summed E-state index contributed by atoms with van der Waals surface area (Å²) in [6, 6.07) is 3.43. The van der Waals surface area contributed by atoms with E-state index in [1.165, 1.54) is 25.3 Å². The fraction of sp³-hybridized carbons (Fsp3) is 0.500. The molecule has 0 saturated heterocycles. The van der Waals surface area contributed by atoms with Crippen LogP contribution in [0.2, 0.25) is 0 Å². The first kappa shape index (κ1) is 17.4. The molecule has 0 aliphatic carbocycles. The lowest BCUT2D eigenvalue weighted by Gasteiger charge is -2.26. The molecule has 0 bridgehead atoms. The van der Waals surface area contributed by atoms with Crippen molar-refractivity contribution in [1.29, 1.82) is 0 Å². The molecule has 7 heteroatoms. The quantitative estimate of drug-likeness (QED) is 0.644. The van der Waals surface area contributed by atoms with Crippen LogP contribution in [0.25, 0.3) is 0 Å². The standard InChI is InChI=1S/C14H22FN3O3/c1-9(18(2)7-11(19)8-21-3)14(20)17-13-6-10(16)4-5-12(13)15/h4-6,9,11,19H,7-8,16H2,1-3H3,(H,17,20). The lowest BCUT2D eigenvalue weighted by atomic mass is 10.2. The molecular formula is C14H22FN3O3. The van der Waals surface area contributed by atoms with Crippen molar-refractivity contribution in [1.82, 2.24) is 4.90 Å². The van der Waals surface area contributed by atoms with Crippen molar-refractivity contribution < 1.29 is 19.0 Å². The predicted molar refractivity (Wildman–Crippen MR) is 79.4 cm³/mol. The molecule has 4 N–H and O–H groups in total. The van der Waals surface area contributed by atoms with E-state index in [1.54, 1.807) is 18.9 Å². The summed E-state index contributed by atoms with van der Waals surface area (Å²) in [6.45, 7) is 2.11. The molecule has 0 aromatic heterocycles. The molecule has 2 atom stereocenters. The van der Waals surface area contributed by atoms with Gasteiger partial charge in [0, 0.05) is 19.3 Å². The maximum Gasteiger partial charge on any atom is 0.241 e. The zero-order valence-corrected chi connectivity index (χ0v) is 12.5. The highest BCUT2D eigenvalue weighted by Crippen LogP contribution is 2.18. The number of hydrogen-bond donors (Lipinski definition) is 3. The molecule has 0 aliphatic rings. The minimum absolute atomic E-state index is 0.0395. The molecule has 0 radical (unpaired) electrons. The van der Waals surface area contributed by atoms with Gasteiger partial charge in [0.1, 0.15) is 5.82 Å². The van der Waals surface area contributed by atoms with E-state index in [2.05, 4.69) is 5.32 Å². The Hall–Kier alpha value is -1.70. The highest BCUT2D eigenvalue weighted by atomic mass is 19.1. The molecule has 0 heterocycles. The number of likely N-dealkylation sites (N-methyl/N-ethyl adjacent to an activating group) is 1. The summed E-state index contributed by atoms with van der Waals surface area (Å²) in [4.78, 5) is 13.7. The van der Waals surface area contributed by atoms with Crippen LogP contribution in [-0.2, 0) is 9.53 Å². The molecule has 1 rings (SSSR count). The highest BCUT2D eigenvalue weighted by molar-refractivity contribution is 5.95. The smallest absolute Gasteiger partial charge is 0.241 e. The fourth-order valence-electron chi connectivity index (χ4n) is 1.81. The molecule has 0 aliphatic heterocycles. The molecule has 6 nitrogen and oxygen atoms in total. The summed E-state index contributed by atoms with van der Waals surface area (Å²) < 4.78 is 18.4. The Morgan fingerprint density at radius 3 is 2.86 bits per heavy atom. The van der Waals surface area contributed by atoms with Crippen LogP contribution in [0, 0.1) is 5.82 Å². The molecule has 1 aromatic rings. The number of carbonyl (C=O) groups is 1. The molecule has 2 unspecified atom stereocenters. The third kappa shape index (κ3) is 5.30. The number of ether oxygens (including phenoxy) is 1. The van der Waals surface area contributed by atoms with Crippen molar-refractivity contribution >= 4 is 17.3 Å². The first-order chi connectivity index (χ1) is 9.85. The van der Waals surface area contributed by atoms with E-state index < -0.39 is 18.0 Å². The van der Waals surface area contributed by atoms with Crippen molar-refractivity contribution in [2.45, 2.75) is 19.1 Å². The van der Waals surface area contributed by atoms with Crippen molar-refractivity contribution in [2.75, 3.05) is 38.4 Å². The Bertz CT molecular complexity index is 485. The van der Waals surface area contributed by atoms with E-state index in [0.29, 0.717) is 5.69 Å². The second-order valence-electron chi connectivity index (χ2n) is 4.95. The normalized spacial score (nSPS) is 14.0. The number of aliphatic hydroxyl groups is 1. The van der Waals surface area contributed by atoms with E-state index in [9.17, 15) is 14.3 Å². The molecular weight excluding hydrogens is 277 g/mol. The van der Waals surface area contributed by atoms with Gasteiger partial charge in [0.05, 0.1) is 24.4 Å². The molecule has 118 valence electrons. The first-order valence-corrected chi connectivity index (χ1v) is 6.58. The van der Waals surface area contributed by atoms with Crippen LogP contribution in [0.1, 0.15) is 6.92 Å². The number of benzene rings is 1. The van der Waals surface area contributed by atoms with Gasteiger partial charge in [-0.25, -0.2) is 4.39 Å². The summed E-state index contributed by atoms with van der Waals surface area (Å²) in [5.41, 5.74) is 5.97. The van der Waals surface area contributed by atoms with Gasteiger partial charge in [-0.3, -0.25) is 9.69 Å². The fourth-order valence-corrected chi connectivity index (χ4v) is 1.81. The van der Waals surface area contributed by atoms with E-state index >= 15 is 0 Å². The number of hydrogen-bond acceptors (Lipinski definition) is 5. The third-order valence-electron chi connectivity index (χ3n) is 3.15. The number of nitrogen functional groups attached to an aromatic ring is 1. The zero-order valence-electron chi connectivity index (χ0n) is 12.5. The van der Waals surface area contributed by atoms with Crippen molar-refractivity contribution in [2.24, 2.45) is 0 Å². The zero-order chi connectivity index (χ0) is 16.0. The van der Waals surface area contributed by atoms with E-state index in [0.717, 1.165) is 0 Å². The maximum atomic E-state index is 13.6. The number of amides is 1. The Morgan fingerprint density at radius 1 is 1.57 bits per heavy atom. The van der Waals surface area contributed by atoms with Crippen molar-refractivity contribution in [3.63, 3.8) is 0 Å². The van der Waals surface area contributed by atoms with Gasteiger partial charge in [-0.05, 0) is 32.2 Å². The number of carbonyl (C=O) groups excluding carboxylic acids is 1. The number of nitrogens with two attached hydrogens (primary N) is 1. The number of nitrogens with zero attached hydrogens (tertiary/aromatic N) is 1. The average molecular weight is 299 g/mol. The number of halogens is 1. The molecule has 0 spiro atoms. The van der Waals surface area contributed by atoms with Crippen LogP contribution in [0.3, 0.4) is 0 Å². The van der Waals surface area contributed by atoms with Gasteiger partial charge in [-0.1, -0.05) is 0 Å². The van der Waals surface area contributed by atoms with E-state index in [4.69, 9.17) is 10.5 Å². The molecule has 0 saturated carbocycles. The van der Waals surface area contributed by atoms with Crippen LogP contribution in [0.4, 0.5) is 15.8 Å². The van der Waals surface area contributed by atoms with Gasteiger partial charge in [-0.2, -0.15) is 0 Å². The van der Waals surface area contributed by atoms with Gasteiger partial charge in [0.25, 0.3) is 0 Å². The van der Waals surface area contributed by atoms with Gasteiger partial charge in [0.2, 0.25) is 5.91 Å². The average Bonchev–Trinajstić information content (AvgIpc) is 2.42. The van der Waals surface area contributed by atoms with Gasteiger partial charge in [-0.15, -0.1) is 0 Å². The third-order valence-corrected chi connectivity index (χ3v) is 3.15. The number of aliphatic hydroxyl groups excluding tert-OH is 1. The van der Waals surface area contributed by atoms with Gasteiger partial charge < -0.3 is 20.9 Å². The van der Waals surface area contributed by atoms with Crippen LogP contribution in [-0.4, -0.2) is 55.4 Å². The molecule has 1 aromatic carbocycles. The maximum absolute atomic E-state index is 13.6. The summed E-state index contributed by atoms with van der Waals surface area (Å²) in [5.74, 6) is -0.932. The molecule has 0 fully saturated rings. The Balaban J connectivity index is 2.63. The molecule has 21 heavy (non-hydrogen) atoms. The summed E-state index contributed by atoms with van der Waals surface area (Å²) >= 11 is 0. The predicted octanol–water partition coefficient (Wildman–Crippen LogP) is 0.674. The Morgan fingerprint density at radius 2 is 2.24 bits per heavy atom. The minimum Gasteiger partial charge on any atom is -0.399 e. The van der Waals surface area contributed by atoms with Gasteiger partial charge in [0.15, 0.2) is 0 Å². The second kappa shape index (κ2) is 7.92. The highest BCUT2D eigenvalue weighted by Gasteiger charge is 2.21. The van der Waals surface area contributed by atoms with Crippen LogP contribution < -0.4 is 11.1 Å². The number of methoxy groups -OCH3 is 1. The Labute approximate surface area is 123 Å². The van der Waals surface area contributed by atoms with Crippen LogP contribution in [0.5, 0.6) is 0 Å². The largest absolute Gasteiger partial charge is 0.399 e. The van der Waals surface area contributed by atoms with E-state index in [1.807, 2.05) is 0 Å². The topological polar surface area (TPSA) is 87.8 Å². The number of nitrogens with one attached hydrogen (secondary N) is 1. The van der Waals surface area contributed by atoms with E-state index in [-0.39, 0.29) is 24.7 Å². The lowest BCUT2D eigenvalue weighted by Crippen LogP contribution is -2.44. The van der Waals surface area contributed by atoms with Gasteiger partial charge >= 0.3 is 0 Å². The number of rotatable bonds is 7. The summed E-state index contributed by atoms with van der Waals surface area (Å²) in [7, 11) is 3.18. The lowest BCUT2D eigenvalue weighted by molar-refractivity contribution is -0.120.